The molecular weight excluding hydrogens is 368 g/mol. The molecule has 2 aromatic rings. The fraction of sp³-hybridized carbons (Fsp3) is 0.391. The predicted molar refractivity (Wildman–Crippen MR) is 111 cm³/mol. The molecule has 6 heteroatoms. The average molecular weight is 396 g/mol. The van der Waals surface area contributed by atoms with Gasteiger partial charge in [0.25, 0.3) is 5.91 Å². The van der Waals surface area contributed by atoms with Crippen molar-refractivity contribution >= 4 is 11.8 Å². The first-order valence-corrected chi connectivity index (χ1v) is 9.86. The first-order chi connectivity index (χ1) is 13.9. The number of nitrogens with one attached hydrogen (secondary N) is 1. The standard InChI is InChI=1S/C23H28N2O4/c1-15(2)21(24-22(26)18-10-6-5-9-16(18)3)23(27)25(4)13-17-14-28-19-11-7-8-12-20(19)29-17/h5-12,15,17,21H,13-14H2,1-4H3,(H,24,26). The van der Waals surface area contributed by atoms with Gasteiger partial charge in [0.2, 0.25) is 5.91 Å². The third kappa shape index (κ3) is 4.88. The van der Waals surface area contributed by atoms with Gasteiger partial charge in [0, 0.05) is 12.6 Å². The Morgan fingerprint density at radius 2 is 1.76 bits per heavy atom. The predicted octanol–water partition coefficient (Wildman–Crippen LogP) is 3.05. The summed E-state index contributed by atoms with van der Waals surface area (Å²) in [6, 6.07) is 14.2. The second-order valence-electron chi connectivity index (χ2n) is 7.73. The SMILES string of the molecule is Cc1ccccc1C(=O)NC(C(=O)N(C)CC1COc2ccccc2O1)C(C)C. The second kappa shape index (κ2) is 8.99. The van der Waals surface area contributed by atoms with Crippen molar-refractivity contribution in [1.82, 2.24) is 10.2 Å². The van der Waals surface area contributed by atoms with Crippen molar-refractivity contribution in [3.8, 4) is 11.5 Å². The van der Waals surface area contributed by atoms with E-state index in [0.717, 1.165) is 5.56 Å². The molecule has 0 fully saturated rings. The number of ether oxygens (including phenoxy) is 2. The van der Waals surface area contributed by atoms with Crippen LogP contribution < -0.4 is 14.8 Å². The Labute approximate surface area is 171 Å². The minimum absolute atomic E-state index is 0.0535. The van der Waals surface area contributed by atoms with Gasteiger partial charge >= 0.3 is 0 Å². The van der Waals surface area contributed by atoms with Crippen molar-refractivity contribution in [2.75, 3.05) is 20.2 Å². The number of carbonyl (C=O) groups is 2. The van der Waals surface area contributed by atoms with Crippen molar-refractivity contribution in [3.63, 3.8) is 0 Å². The molecule has 29 heavy (non-hydrogen) atoms. The molecule has 0 bridgehead atoms. The van der Waals surface area contributed by atoms with Gasteiger partial charge in [-0.3, -0.25) is 9.59 Å². The highest BCUT2D eigenvalue weighted by Gasteiger charge is 2.30. The summed E-state index contributed by atoms with van der Waals surface area (Å²) >= 11 is 0. The van der Waals surface area contributed by atoms with E-state index < -0.39 is 6.04 Å². The number of likely N-dealkylation sites (N-methyl/N-ethyl adjacent to an activating group) is 1. The molecule has 0 saturated carbocycles. The number of carbonyl (C=O) groups excluding carboxylic acids is 2. The molecule has 2 aromatic carbocycles. The zero-order valence-electron chi connectivity index (χ0n) is 17.3. The van der Waals surface area contributed by atoms with Crippen LogP contribution in [0.25, 0.3) is 0 Å². The van der Waals surface area contributed by atoms with Crippen molar-refractivity contribution in [3.05, 3.63) is 59.7 Å². The molecule has 1 N–H and O–H groups in total. The van der Waals surface area contributed by atoms with E-state index in [0.29, 0.717) is 30.2 Å². The van der Waals surface area contributed by atoms with E-state index in [1.165, 1.54) is 0 Å². The van der Waals surface area contributed by atoms with Crippen LogP contribution in [-0.2, 0) is 4.79 Å². The lowest BCUT2D eigenvalue weighted by Gasteiger charge is -2.32. The van der Waals surface area contributed by atoms with Gasteiger partial charge in [0.1, 0.15) is 12.6 Å². The molecule has 1 aliphatic rings. The largest absolute Gasteiger partial charge is 0.486 e. The Bertz CT molecular complexity index is 881. The molecule has 2 amide bonds. The quantitative estimate of drug-likeness (QED) is 0.815. The molecule has 1 heterocycles. The van der Waals surface area contributed by atoms with Gasteiger partial charge in [-0.25, -0.2) is 0 Å². The molecule has 1 aliphatic heterocycles. The van der Waals surface area contributed by atoms with E-state index in [1.54, 1.807) is 18.0 Å². The molecule has 2 unspecified atom stereocenters. The fourth-order valence-electron chi connectivity index (χ4n) is 3.35. The highest BCUT2D eigenvalue weighted by molar-refractivity contribution is 5.98. The van der Waals surface area contributed by atoms with E-state index in [4.69, 9.17) is 9.47 Å². The smallest absolute Gasteiger partial charge is 0.252 e. The number of para-hydroxylation sites is 2. The summed E-state index contributed by atoms with van der Waals surface area (Å²) in [6.45, 7) is 6.47. The summed E-state index contributed by atoms with van der Waals surface area (Å²) in [5, 5.41) is 2.90. The Morgan fingerprint density at radius 3 is 2.45 bits per heavy atom. The number of fused-ring (bicyclic) bond motifs is 1. The van der Waals surface area contributed by atoms with Crippen molar-refractivity contribution < 1.29 is 19.1 Å². The molecule has 3 rings (SSSR count). The number of rotatable bonds is 6. The monoisotopic (exact) mass is 396 g/mol. The average Bonchev–Trinajstić information content (AvgIpc) is 2.71. The van der Waals surface area contributed by atoms with Crippen LogP contribution in [0.15, 0.2) is 48.5 Å². The van der Waals surface area contributed by atoms with E-state index in [1.807, 2.05) is 63.2 Å². The van der Waals surface area contributed by atoms with E-state index >= 15 is 0 Å². The van der Waals surface area contributed by atoms with Gasteiger partial charge in [-0.1, -0.05) is 44.2 Å². The lowest BCUT2D eigenvalue weighted by atomic mass is 10.0. The molecule has 6 nitrogen and oxygen atoms in total. The summed E-state index contributed by atoms with van der Waals surface area (Å²) in [7, 11) is 1.72. The summed E-state index contributed by atoms with van der Waals surface area (Å²) in [6.07, 6.45) is -0.265. The number of amides is 2. The summed E-state index contributed by atoms with van der Waals surface area (Å²) < 4.78 is 11.7. The second-order valence-corrected chi connectivity index (χ2v) is 7.73. The maximum Gasteiger partial charge on any atom is 0.252 e. The first kappa shape index (κ1) is 20.7. The molecule has 0 aliphatic carbocycles. The van der Waals surface area contributed by atoms with Gasteiger partial charge in [-0.15, -0.1) is 0 Å². The zero-order valence-corrected chi connectivity index (χ0v) is 17.3. The third-order valence-corrected chi connectivity index (χ3v) is 5.03. The molecule has 0 spiro atoms. The zero-order chi connectivity index (χ0) is 21.0. The van der Waals surface area contributed by atoms with Crippen LogP contribution in [0.1, 0.15) is 29.8 Å². The van der Waals surface area contributed by atoms with Gasteiger partial charge in [-0.05, 0) is 36.6 Å². The maximum absolute atomic E-state index is 13.1. The highest BCUT2D eigenvalue weighted by atomic mass is 16.6. The van der Waals surface area contributed by atoms with Crippen LogP contribution in [0.5, 0.6) is 11.5 Å². The minimum atomic E-state index is -0.621. The van der Waals surface area contributed by atoms with E-state index in [9.17, 15) is 9.59 Å². The van der Waals surface area contributed by atoms with Gasteiger partial charge < -0.3 is 19.7 Å². The van der Waals surface area contributed by atoms with Crippen LogP contribution in [0.2, 0.25) is 0 Å². The lowest BCUT2D eigenvalue weighted by molar-refractivity contribution is -0.134. The van der Waals surface area contributed by atoms with Crippen LogP contribution in [0, 0.1) is 12.8 Å². The van der Waals surface area contributed by atoms with Gasteiger partial charge in [0.15, 0.2) is 17.6 Å². The van der Waals surface area contributed by atoms with Crippen LogP contribution >= 0.6 is 0 Å². The molecule has 0 radical (unpaired) electrons. The number of benzene rings is 2. The fourth-order valence-corrected chi connectivity index (χ4v) is 3.35. The maximum atomic E-state index is 13.1. The van der Waals surface area contributed by atoms with Gasteiger partial charge in [0.05, 0.1) is 6.54 Å². The normalized spacial score (nSPS) is 16.2. The number of hydrogen-bond acceptors (Lipinski definition) is 4. The molecule has 2 atom stereocenters. The summed E-state index contributed by atoms with van der Waals surface area (Å²) in [5.74, 6) is 0.947. The summed E-state index contributed by atoms with van der Waals surface area (Å²) in [5.41, 5.74) is 1.45. The van der Waals surface area contributed by atoms with Crippen LogP contribution in [-0.4, -0.2) is 49.1 Å². The number of hydrogen-bond donors (Lipinski definition) is 1. The Balaban J connectivity index is 1.64. The van der Waals surface area contributed by atoms with E-state index in [-0.39, 0.29) is 23.8 Å². The van der Waals surface area contributed by atoms with Gasteiger partial charge in [-0.2, -0.15) is 0 Å². The Kier molecular flexibility index (Phi) is 6.42. The Hall–Kier alpha value is -3.02. The summed E-state index contributed by atoms with van der Waals surface area (Å²) in [4.78, 5) is 27.4. The topological polar surface area (TPSA) is 67.9 Å². The minimum Gasteiger partial charge on any atom is -0.486 e. The van der Waals surface area contributed by atoms with Crippen molar-refractivity contribution in [2.45, 2.75) is 32.9 Å². The Morgan fingerprint density at radius 1 is 1.10 bits per heavy atom. The molecule has 154 valence electrons. The highest BCUT2D eigenvalue weighted by Crippen LogP contribution is 2.31. The van der Waals surface area contributed by atoms with Crippen molar-refractivity contribution in [2.24, 2.45) is 5.92 Å². The van der Waals surface area contributed by atoms with E-state index in [2.05, 4.69) is 5.32 Å². The lowest BCUT2D eigenvalue weighted by Crippen LogP contribution is -2.52. The number of nitrogens with zero attached hydrogens (tertiary/aromatic N) is 1. The molecule has 0 saturated heterocycles. The first-order valence-electron chi connectivity index (χ1n) is 9.86. The third-order valence-electron chi connectivity index (χ3n) is 5.03. The molecule has 0 aromatic heterocycles. The molecular formula is C23H28N2O4. The van der Waals surface area contributed by atoms with Crippen LogP contribution in [0.4, 0.5) is 0 Å². The number of aryl methyl sites for hydroxylation is 1. The van der Waals surface area contributed by atoms with Crippen molar-refractivity contribution in [1.29, 1.82) is 0 Å². The van der Waals surface area contributed by atoms with Crippen LogP contribution in [0.3, 0.4) is 0 Å².